The van der Waals surface area contributed by atoms with E-state index in [4.69, 9.17) is 9.47 Å². The van der Waals surface area contributed by atoms with Crippen molar-refractivity contribution in [3.8, 4) is 11.6 Å². The van der Waals surface area contributed by atoms with E-state index in [0.29, 0.717) is 48.8 Å². The second-order valence-corrected chi connectivity index (χ2v) is 6.98. The number of hydrogen-bond acceptors (Lipinski definition) is 6. The number of rotatable bonds is 3. The summed E-state index contributed by atoms with van der Waals surface area (Å²) in [6.07, 6.45) is 7.60. The van der Waals surface area contributed by atoms with Gasteiger partial charge in [0.2, 0.25) is 5.75 Å². The summed E-state index contributed by atoms with van der Waals surface area (Å²) in [7, 11) is 0. The van der Waals surface area contributed by atoms with Crippen LogP contribution < -0.4 is 9.47 Å². The summed E-state index contributed by atoms with van der Waals surface area (Å²) in [4.78, 5) is 28.5. The molecular formula is C19H20N4O3. The van der Waals surface area contributed by atoms with Gasteiger partial charge in [-0.2, -0.15) is 4.98 Å². The van der Waals surface area contributed by atoms with Crippen molar-refractivity contribution in [2.45, 2.75) is 37.6 Å². The Kier molecular flexibility index (Phi) is 3.72. The highest BCUT2D eigenvalue weighted by Gasteiger charge is 2.37. The molecule has 26 heavy (non-hydrogen) atoms. The first-order chi connectivity index (χ1) is 12.8. The smallest absolute Gasteiger partial charge is 0.277 e. The number of amides is 1. The Balaban J connectivity index is 1.52. The van der Waals surface area contributed by atoms with Crippen molar-refractivity contribution in [1.29, 1.82) is 0 Å². The van der Waals surface area contributed by atoms with Crippen molar-refractivity contribution in [2.24, 2.45) is 0 Å². The molecule has 0 radical (unpaired) electrons. The minimum atomic E-state index is -0.109. The topological polar surface area (TPSA) is 77.4 Å². The van der Waals surface area contributed by atoms with Gasteiger partial charge in [-0.3, -0.25) is 9.78 Å². The van der Waals surface area contributed by atoms with Crippen LogP contribution in [0, 0.1) is 0 Å². The molecular weight excluding hydrogens is 332 g/mol. The summed E-state index contributed by atoms with van der Waals surface area (Å²) in [5.41, 5.74) is 1.40. The molecule has 0 bridgehead atoms. The largest absolute Gasteiger partial charge is 0.483 e. The second-order valence-electron chi connectivity index (χ2n) is 6.98. The van der Waals surface area contributed by atoms with Crippen molar-refractivity contribution >= 4 is 5.91 Å². The number of carbonyl (C=O) groups is 1. The number of ether oxygens (including phenoxy) is 2. The Bertz CT molecular complexity index is 838. The Hall–Kier alpha value is -2.70. The lowest BCUT2D eigenvalue weighted by Crippen LogP contribution is -2.33. The van der Waals surface area contributed by atoms with Crippen molar-refractivity contribution < 1.29 is 14.3 Å². The lowest BCUT2D eigenvalue weighted by Gasteiger charge is -2.26. The van der Waals surface area contributed by atoms with Crippen LogP contribution in [0.15, 0.2) is 24.5 Å². The summed E-state index contributed by atoms with van der Waals surface area (Å²) in [5, 5.41) is 0. The number of aromatic nitrogens is 3. The molecule has 1 saturated heterocycles. The highest BCUT2D eigenvalue weighted by Crippen LogP contribution is 2.42. The quantitative estimate of drug-likeness (QED) is 0.845. The average molecular weight is 352 g/mol. The van der Waals surface area contributed by atoms with Crippen LogP contribution in [0.1, 0.15) is 59.5 Å². The third-order valence-corrected chi connectivity index (χ3v) is 5.15. The van der Waals surface area contributed by atoms with E-state index in [2.05, 4.69) is 15.0 Å². The van der Waals surface area contributed by atoms with Gasteiger partial charge in [0.1, 0.15) is 19.0 Å². The van der Waals surface area contributed by atoms with Gasteiger partial charge in [-0.25, -0.2) is 4.98 Å². The minimum Gasteiger partial charge on any atom is -0.483 e. The minimum absolute atomic E-state index is 0.0238. The molecule has 1 atom stereocenters. The predicted octanol–water partition coefficient (Wildman–Crippen LogP) is 2.50. The monoisotopic (exact) mass is 352 g/mol. The van der Waals surface area contributed by atoms with Crippen molar-refractivity contribution in [1.82, 2.24) is 19.9 Å². The van der Waals surface area contributed by atoms with Crippen LogP contribution in [0.25, 0.3) is 0 Å². The van der Waals surface area contributed by atoms with Crippen molar-refractivity contribution in [3.05, 3.63) is 41.6 Å². The fourth-order valence-electron chi connectivity index (χ4n) is 3.69. The first-order valence-corrected chi connectivity index (χ1v) is 9.19. The van der Waals surface area contributed by atoms with Crippen LogP contribution in [0.2, 0.25) is 0 Å². The first-order valence-electron chi connectivity index (χ1n) is 9.19. The molecule has 1 unspecified atom stereocenters. The van der Waals surface area contributed by atoms with Crippen LogP contribution in [0.5, 0.6) is 11.6 Å². The molecule has 2 aromatic heterocycles. The molecule has 2 fully saturated rings. The van der Waals surface area contributed by atoms with Crippen LogP contribution in [-0.4, -0.2) is 45.5 Å². The van der Waals surface area contributed by atoms with E-state index >= 15 is 0 Å². The maximum absolute atomic E-state index is 13.4. The molecule has 2 aromatic rings. The SMILES string of the molecule is O=C(c1nc(C2CC2)nc2c1OCCO2)N1CCCC1c1cccnc1. The summed E-state index contributed by atoms with van der Waals surface area (Å²) in [6, 6.07) is 3.95. The standard InChI is InChI=1S/C19H20N4O3/c24-19(23-8-2-4-14(23)13-3-1-7-20-11-13)15-16-18(26-10-9-25-16)22-17(21-15)12-5-6-12/h1,3,7,11-12,14H,2,4-6,8-10H2. The van der Waals surface area contributed by atoms with Crippen molar-refractivity contribution in [3.63, 3.8) is 0 Å². The molecule has 0 spiro atoms. The summed E-state index contributed by atoms with van der Waals surface area (Å²) >= 11 is 0. The second kappa shape index (κ2) is 6.23. The van der Waals surface area contributed by atoms with E-state index in [1.807, 2.05) is 23.2 Å². The first kappa shape index (κ1) is 15.5. The molecule has 0 N–H and O–H groups in total. The van der Waals surface area contributed by atoms with Crippen LogP contribution in [0.3, 0.4) is 0 Å². The van der Waals surface area contributed by atoms with Gasteiger partial charge < -0.3 is 14.4 Å². The molecule has 7 nitrogen and oxygen atoms in total. The third-order valence-electron chi connectivity index (χ3n) is 5.15. The molecule has 5 rings (SSSR count). The fourth-order valence-corrected chi connectivity index (χ4v) is 3.69. The number of hydrogen-bond donors (Lipinski definition) is 0. The average Bonchev–Trinajstić information content (AvgIpc) is 3.44. The van der Waals surface area contributed by atoms with Crippen LogP contribution >= 0.6 is 0 Å². The van der Waals surface area contributed by atoms with E-state index < -0.39 is 0 Å². The van der Waals surface area contributed by atoms with Gasteiger partial charge in [0, 0.05) is 24.9 Å². The highest BCUT2D eigenvalue weighted by atomic mass is 16.6. The van der Waals surface area contributed by atoms with Gasteiger partial charge in [-0.15, -0.1) is 0 Å². The molecule has 4 heterocycles. The van der Waals surface area contributed by atoms with E-state index in [1.165, 1.54) is 0 Å². The number of nitrogens with zero attached hydrogens (tertiary/aromatic N) is 4. The molecule has 1 saturated carbocycles. The van der Waals surface area contributed by atoms with E-state index in [0.717, 1.165) is 31.2 Å². The number of pyridine rings is 1. The molecule has 2 aliphatic heterocycles. The van der Waals surface area contributed by atoms with Crippen molar-refractivity contribution in [2.75, 3.05) is 19.8 Å². The van der Waals surface area contributed by atoms with E-state index in [1.54, 1.807) is 6.20 Å². The molecule has 7 heteroatoms. The molecule has 1 aliphatic carbocycles. The van der Waals surface area contributed by atoms with Gasteiger partial charge in [-0.1, -0.05) is 6.07 Å². The zero-order valence-corrected chi connectivity index (χ0v) is 14.4. The third kappa shape index (κ3) is 2.67. The maximum atomic E-state index is 13.4. The van der Waals surface area contributed by atoms with Gasteiger partial charge in [-0.05, 0) is 37.3 Å². The Labute approximate surface area is 151 Å². The van der Waals surface area contributed by atoms with Gasteiger partial charge in [0.25, 0.3) is 11.8 Å². The molecule has 1 amide bonds. The van der Waals surface area contributed by atoms with Crippen LogP contribution in [-0.2, 0) is 0 Å². The van der Waals surface area contributed by atoms with E-state index in [-0.39, 0.29) is 11.9 Å². The summed E-state index contributed by atoms with van der Waals surface area (Å²) in [6.45, 7) is 1.56. The maximum Gasteiger partial charge on any atom is 0.277 e. The Morgan fingerprint density at radius 2 is 2.04 bits per heavy atom. The highest BCUT2D eigenvalue weighted by molar-refractivity contribution is 5.96. The van der Waals surface area contributed by atoms with Gasteiger partial charge in [0.15, 0.2) is 5.69 Å². The van der Waals surface area contributed by atoms with Gasteiger partial charge >= 0.3 is 0 Å². The summed E-state index contributed by atoms with van der Waals surface area (Å²) in [5.74, 6) is 1.73. The number of likely N-dealkylation sites (tertiary alicyclic amines) is 1. The Morgan fingerprint density at radius 1 is 1.15 bits per heavy atom. The number of carbonyl (C=O) groups excluding carboxylic acids is 1. The molecule has 0 aromatic carbocycles. The molecule has 3 aliphatic rings. The zero-order chi connectivity index (χ0) is 17.5. The van der Waals surface area contributed by atoms with E-state index in [9.17, 15) is 4.79 Å². The fraction of sp³-hybridized carbons (Fsp3) is 0.474. The van der Waals surface area contributed by atoms with Gasteiger partial charge in [0.05, 0.1) is 6.04 Å². The zero-order valence-electron chi connectivity index (χ0n) is 14.4. The predicted molar refractivity (Wildman–Crippen MR) is 92.2 cm³/mol. The lowest BCUT2D eigenvalue weighted by molar-refractivity contribution is 0.0715. The molecule has 134 valence electrons. The number of fused-ring (bicyclic) bond motifs is 1. The van der Waals surface area contributed by atoms with Crippen LogP contribution in [0.4, 0.5) is 0 Å². The Morgan fingerprint density at radius 3 is 2.85 bits per heavy atom. The summed E-state index contributed by atoms with van der Waals surface area (Å²) < 4.78 is 11.4. The lowest BCUT2D eigenvalue weighted by atomic mass is 10.1. The normalized spacial score (nSPS) is 21.7.